The first-order valence-electron chi connectivity index (χ1n) is 7.87. The molecule has 0 saturated carbocycles. The number of nitrogens with zero attached hydrogens (tertiary/aromatic N) is 8. The second-order valence-corrected chi connectivity index (χ2v) is 5.72. The summed E-state index contributed by atoms with van der Waals surface area (Å²) in [5.41, 5.74) is 2.19. The monoisotopic (exact) mass is 338 g/mol. The Morgan fingerprint density at radius 2 is 2.28 bits per heavy atom. The van der Waals surface area contributed by atoms with Crippen molar-refractivity contribution in [2.45, 2.75) is 26.4 Å². The van der Waals surface area contributed by atoms with Gasteiger partial charge in [0.1, 0.15) is 0 Å². The minimum absolute atomic E-state index is 0.133. The summed E-state index contributed by atoms with van der Waals surface area (Å²) in [6, 6.07) is 7.66. The number of aromatic nitrogens is 5. The van der Waals surface area contributed by atoms with Gasteiger partial charge in [-0.2, -0.15) is 5.26 Å². The molecule has 1 aliphatic heterocycles. The quantitative estimate of drug-likeness (QED) is 0.791. The van der Waals surface area contributed by atoms with Crippen molar-refractivity contribution < 1.29 is 4.79 Å². The number of carbonyl (C=O) groups excluding carboxylic acids is 1. The summed E-state index contributed by atoms with van der Waals surface area (Å²) in [4.78, 5) is 20.8. The summed E-state index contributed by atoms with van der Waals surface area (Å²) in [5.74, 6) is 0.466. The van der Waals surface area contributed by atoms with Crippen molar-refractivity contribution in [1.29, 1.82) is 5.26 Å². The van der Waals surface area contributed by atoms with Crippen molar-refractivity contribution in [2.24, 2.45) is 0 Å². The molecule has 0 bridgehead atoms. The predicted molar refractivity (Wildman–Crippen MR) is 88.8 cm³/mol. The largest absolute Gasteiger partial charge is 0.332 e. The van der Waals surface area contributed by atoms with Crippen LogP contribution in [0.5, 0.6) is 0 Å². The van der Waals surface area contributed by atoms with Crippen LogP contribution < -0.4 is 4.90 Å². The van der Waals surface area contributed by atoms with Crippen molar-refractivity contribution in [2.75, 3.05) is 18.5 Å². The minimum Gasteiger partial charge on any atom is -0.332 e. The zero-order valence-electron chi connectivity index (χ0n) is 14.1. The highest BCUT2D eigenvalue weighted by molar-refractivity contribution is 5.95. The topological polar surface area (TPSA) is 104 Å². The number of nitriles is 1. The van der Waals surface area contributed by atoms with Crippen LogP contribution >= 0.6 is 0 Å². The Hall–Kier alpha value is -3.28. The Bertz CT molecular complexity index is 835. The molecule has 2 aromatic heterocycles. The van der Waals surface area contributed by atoms with E-state index in [4.69, 9.17) is 5.26 Å². The number of anilines is 1. The second kappa shape index (κ2) is 7.09. The van der Waals surface area contributed by atoms with Gasteiger partial charge in [-0.05, 0) is 29.5 Å². The van der Waals surface area contributed by atoms with Crippen LogP contribution in [0.15, 0.2) is 35.7 Å². The number of tetrazole rings is 1. The summed E-state index contributed by atoms with van der Waals surface area (Å²) >= 11 is 0. The molecule has 0 saturated heterocycles. The molecule has 0 N–H and O–H groups in total. The average Bonchev–Trinajstić information content (AvgIpc) is 3.10. The second-order valence-electron chi connectivity index (χ2n) is 5.72. The lowest BCUT2D eigenvalue weighted by Crippen LogP contribution is -2.38. The third kappa shape index (κ3) is 3.33. The molecule has 3 rings (SSSR count). The van der Waals surface area contributed by atoms with Gasteiger partial charge in [-0.1, -0.05) is 11.2 Å². The van der Waals surface area contributed by atoms with Crippen LogP contribution in [0.2, 0.25) is 0 Å². The van der Waals surface area contributed by atoms with Crippen LogP contribution in [-0.4, -0.2) is 49.6 Å². The van der Waals surface area contributed by atoms with Gasteiger partial charge in [0, 0.05) is 25.5 Å². The molecular weight excluding hydrogens is 320 g/mol. The fraction of sp³-hybridized carbons (Fsp3) is 0.375. The molecule has 0 radical (unpaired) electrons. The maximum Gasteiger partial charge on any atom is 0.253 e. The molecule has 9 heteroatoms. The molecule has 2 aromatic rings. The van der Waals surface area contributed by atoms with E-state index in [1.807, 2.05) is 32.2 Å². The minimum atomic E-state index is -0.133. The maximum absolute atomic E-state index is 13.1. The Kier molecular flexibility index (Phi) is 4.70. The first-order chi connectivity index (χ1) is 12.1. The van der Waals surface area contributed by atoms with Crippen molar-refractivity contribution in [3.8, 4) is 6.07 Å². The van der Waals surface area contributed by atoms with E-state index in [9.17, 15) is 4.79 Å². The summed E-state index contributed by atoms with van der Waals surface area (Å²) in [6.07, 6.45) is 1.95. The van der Waals surface area contributed by atoms with Crippen molar-refractivity contribution >= 4 is 11.9 Å². The number of fused-ring (bicyclic) bond motifs is 1. The van der Waals surface area contributed by atoms with Gasteiger partial charge in [-0.3, -0.25) is 9.78 Å². The molecule has 0 fully saturated rings. The molecule has 3 heterocycles. The van der Waals surface area contributed by atoms with Gasteiger partial charge in [-0.25, -0.2) is 4.68 Å². The van der Waals surface area contributed by atoms with Crippen LogP contribution in [0.3, 0.4) is 0 Å². The van der Waals surface area contributed by atoms with Crippen molar-refractivity contribution in [1.82, 2.24) is 30.1 Å². The van der Waals surface area contributed by atoms with E-state index in [-0.39, 0.29) is 12.3 Å². The molecule has 9 nitrogen and oxygen atoms in total. The zero-order chi connectivity index (χ0) is 17.8. The smallest absolute Gasteiger partial charge is 0.253 e. The van der Waals surface area contributed by atoms with Gasteiger partial charge in [0.2, 0.25) is 5.95 Å². The van der Waals surface area contributed by atoms with Gasteiger partial charge >= 0.3 is 0 Å². The number of hydrogen-bond donors (Lipinski definition) is 0. The Labute approximate surface area is 145 Å². The number of allylic oxidation sites excluding steroid dienone is 1. The highest BCUT2D eigenvalue weighted by Gasteiger charge is 2.29. The number of pyridine rings is 1. The highest BCUT2D eigenvalue weighted by Crippen LogP contribution is 2.25. The van der Waals surface area contributed by atoms with Crippen molar-refractivity contribution in [3.63, 3.8) is 0 Å². The molecule has 25 heavy (non-hydrogen) atoms. The molecule has 0 aromatic carbocycles. The fourth-order valence-electron chi connectivity index (χ4n) is 2.70. The van der Waals surface area contributed by atoms with E-state index >= 15 is 0 Å². The van der Waals surface area contributed by atoms with E-state index in [0.717, 1.165) is 11.4 Å². The average molecular weight is 338 g/mol. The van der Waals surface area contributed by atoms with Crippen LogP contribution in [0.1, 0.15) is 19.0 Å². The van der Waals surface area contributed by atoms with Gasteiger partial charge in [-0.15, -0.1) is 0 Å². The van der Waals surface area contributed by atoms with Gasteiger partial charge in [0.05, 0.1) is 36.8 Å². The molecule has 128 valence electrons. The predicted octanol–water partition coefficient (Wildman–Crippen LogP) is 0.734. The highest BCUT2D eigenvalue weighted by atomic mass is 16.2. The Balaban J connectivity index is 1.86. The van der Waals surface area contributed by atoms with Crippen LogP contribution in [0, 0.1) is 11.3 Å². The third-order valence-corrected chi connectivity index (χ3v) is 4.18. The van der Waals surface area contributed by atoms with Crippen LogP contribution in [-0.2, 0) is 17.9 Å². The lowest BCUT2D eigenvalue weighted by molar-refractivity contribution is -0.128. The van der Waals surface area contributed by atoms with Gasteiger partial charge < -0.3 is 9.80 Å². The summed E-state index contributed by atoms with van der Waals surface area (Å²) in [7, 11) is 1.82. The summed E-state index contributed by atoms with van der Waals surface area (Å²) < 4.78 is 1.59. The van der Waals surface area contributed by atoms with Crippen LogP contribution in [0.4, 0.5) is 5.95 Å². The standard InChI is InChI=1S/C16H18N8O/c1-12-14(11-24-16(22(12)2)19-20-21-24)15(25)23(9-5-7-17)10-13-6-3-4-8-18-13/h3-4,6,8H,5,9-11H2,1-2H3. The maximum atomic E-state index is 13.1. The Morgan fingerprint density at radius 3 is 3.00 bits per heavy atom. The van der Waals surface area contributed by atoms with Crippen LogP contribution in [0.25, 0.3) is 0 Å². The van der Waals surface area contributed by atoms with E-state index in [1.54, 1.807) is 20.7 Å². The van der Waals surface area contributed by atoms with E-state index in [0.29, 0.717) is 31.2 Å². The normalized spacial score (nSPS) is 13.4. The molecule has 0 atom stereocenters. The number of amides is 1. The molecular formula is C16H18N8O. The molecule has 0 unspecified atom stereocenters. The van der Waals surface area contributed by atoms with E-state index in [2.05, 4.69) is 26.6 Å². The number of carbonyl (C=O) groups is 1. The third-order valence-electron chi connectivity index (χ3n) is 4.18. The van der Waals surface area contributed by atoms with E-state index < -0.39 is 0 Å². The van der Waals surface area contributed by atoms with E-state index in [1.165, 1.54) is 0 Å². The molecule has 1 amide bonds. The summed E-state index contributed by atoms with van der Waals surface area (Å²) in [6.45, 7) is 2.87. The first-order valence-corrected chi connectivity index (χ1v) is 7.87. The lowest BCUT2D eigenvalue weighted by Gasteiger charge is -2.30. The lowest BCUT2D eigenvalue weighted by atomic mass is 10.1. The zero-order valence-corrected chi connectivity index (χ0v) is 14.1. The number of hydrogen-bond acceptors (Lipinski definition) is 7. The van der Waals surface area contributed by atoms with Gasteiger partial charge in [0.15, 0.2) is 0 Å². The SMILES string of the molecule is CC1=C(C(=O)N(CCC#N)Cc2ccccn2)Cn2nnnc2N1C. The van der Waals surface area contributed by atoms with Crippen molar-refractivity contribution in [3.05, 3.63) is 41.4 Å². The summed E-state index contributed by atoms with van der Waals surface area (Å²) in [5, 5.41) is 20.5. The molecule has 1 aliphatic rings. The molecule has 0 aliphatic carbocycles. The van der Waals surface area contributed by atoms with Gasteiger partial charge in [0.25, 0.3) is 5.91 Å². The first kappa shape index (κ1) is 16.6. The Morgan fingerprint density at radius 1 is 1.44 bits per heavy atom. The molecule has 0 spiro atoms. The number of rotatable bonds is 5. The fourth-order valence-corrected chi connectivity index (χ4v) is 2.70.